The van der Waals surface area contributed by atoms with Gasteiger partial charge in [0.15, 0.2) is 0 Å². The number of hydrogen-bond donors (Lipinski definition) is 1. The highest BCUT2D eigenvalue weighted by atomic mass is 79.9. The molecule has 0 radical (unpaired) electrons. The fourth-order valence-corrected chi connectivity index (χ4v) is 2.11. The number of carbonyl (C=O) groups excluding carboxylic acids is 1. The molecule has 0 aliphatic rings. The molecule has 1 aromatic rings. The van der Waals surface area contributed by atoms with Crippen LogP contribution in [0.2, 0.25) is 0 Å². The van der Waals surface area contributed by atoms with Crippen molar-refractivity contribution in [3.8, 4) is 0 Å². The molecule has 0 aliphatic heterocycles. The van der Waals surface area contributed by atoms with Crippen LogP contribution in [0.1, 0.15) is 25.8 Å². The summed E-state index contributed by atoms with van der Waals surface area (Å²) in [5, 5.41) is 3.66. The molecule has 0 fully saturated rings. The van der Waals surface area contributed by atoms with Crippen molar-refractivity contribution in [1.82, 2.24) is 5.32 Å². The second-order valence-electron chi connectivity index (χ2n) is 4.43. The monoisotopic (exact) mass is 313 g/mol. The fourth-order valence-electron chi connectivity index (χ4n) is 1.64. The van der Waals surface area contributed by atoms with E-state index in [1.165, 1.54) is 0 Å². The predicted octanol–water partition coefficient (Wildman–Crippen LogP) is 2.84. The quantitative estimate of drug-likeness (QED) is 0.621. The standard InChI is InChI=1S/C14H20BrNO2/c1-3-9-18-10-13(17)16-14(2,11-15)12-7-5-4-6-8-12/h4-8H,3,9-11H2,1-2H3,(H,16,17). The Kier molecular flexibility index (Phi) is 6.36. The molecule has 0 aliphatic carbocycles. The van der Waals surface area contributed by atoms with Crippen molar-refractivity contribution in [2.24, 2.45) is 0 Å². The average molecular weight is 314 g/mol. The molecule has 3 nitrogen and oxygen atoms in total. The smallest absolute Gasteiger partial charge is 0.246 e. The number of rotatable bonds is 7. The SMILES string of the molecule is CCCOCC(=O)NC(C)(CBr)c1ccccc1. The Morgan fingerprint density at radius 1 is 1.39 bits per heavy atom. The van der Waals surface area contributed by atoms with E-state index in [4.69, 9.17) is 4.74 Å². The van der Waals surface area contributed by atoms with Crippen molar-refractivity contribution in [1.29, 1.82) is 0 Å². The number of alkyl halides is 1. The summed E-state index contributed by atoms with van der Waals surface area (Å²) in [6, 6.07) is 9.92. The fraction of sp³-hybridized carbons (Fsp3) is 0.500. The van der Waals surface area contributed by atoms with Crippen LogP contribution < -0.4 is 5.32 Å². The second-order valence-corrected chi connectivity index (χ2v) is 4.99. The highest BCUT2D eigenvalue weighted by Gasteiger charge is 2.26. The minimum Gasteiger partial charge on any atom is -0.372 e. The molecule has 1 N–H and O–H groups in total. The molecule has 0 bridgehead atoms. The summed E-state index contributed by atoms with van der Waals surface area (Å²) in [6.45, 7) is 4.74. The van der Waals surface area contributed by atoms with Gasteiger partial charge in [-0.05, 0) is 18.9 Å². The number of hydrogen-bond acceptors (Lipinski definition) is 2. The summed E-state index contributed by atoms with van der Waals surface area (Å²) < 4.78 is 5.24. The summed E-state index contributed by atoms with van der Waals surface area (Å²) in [5.74, 6) is -0.0887. The lowest BCUT2D eigenvalue weighted by molar-refractivity contribution is -0.127. The van der Waals surface area contributed by atoms with Crippen LogP contribution in [0.25, 0.3) is 0 Å². The van der Waals surface area contributed by atoms with E-state index in [1.807, 2.05) is 44.2 Å². The first-order valence-corrected chi connectivity index (χ1v) is 7.25. The van der Waals surface area contributed by atoms with Gasteiger partial charge < -0.3 is 10.1 Å². The third kappa shape index (κ3) is 4.42. The van der Waals surface area contributed by atoms with Gasteiger partial charge in [-0.2, -0.15) is 0 Å². The van der Waals surface area contributed by atoms with Crippen LogP contribution in [-0.2, 0) is 15.1 Å². The largest absolute Gasteiger partial charge is 0.372 e. The number of amides is 1. The molecule has 18 heavy (non-hydrogen) atoms. The molecule has 0 spiro atoms. The van der Waals surface area contributed by atoms with E-state index in [0.29, 0.717) is 11.9 Å². The number of ether oxygens (including phenoxy) is 1. The Labute approximate surface area is 117 Å². The number of benzene rings is 1. The van der Waals surface area contributed by atoms with Gasteiger partial charge in [0.1, 0.15) is 6.61 Å². The molecule has 1 aromatic carbocycles. The van der Waals surface area contributed by atoms with Gasteiger partial charge in [-0.1, -0.05) is 53.2 Å². The molecule has 1 unspecified atom stereocenters. The zero-order valence-electron chi connectivity index (χ0n) is 10.9. The maximum absolute atomic E-state index is 11.8. The average Bonchev–Trinajstić information content (AvgIpc) is 2.40. The Bertz CT molecular complexity index is 369. The van der Waals surface area contributed by atoms with E-state index in [1.54, 1.807) is 0 Å². The van der Waals surface area contributed by atoms with Crippen LogP contribution >= 0.6 is 15.9 Å². The normalized spacial score (nSPS) is 13.9. The lowest BCUT2D eigenvalue weighted by Gasteiger charge is -2.29. The van der Waals surface area contributed by atoms with E-state index in [-0.39, 0.29) is 12.5 Å². The topological polar surface area (TPSA) is 38.3 Å². The van der Waals surface area contributed by atoms with Gasteiger partial charge >= 0.3 is 0 Å². The molecule has 1 atom stereocenters. The highest BCUT2D eigenvalue weighted by molar-refractivity contribution is 9.09. The van der Waals surface area contributed by atoms with Crippen LogP contribution in [0.4, 0.5) is 0 Å². The molecular formula is C14H20BrNO2. The van der Waals surface area contributed by atoms with E-state index >= 15 is 0 Å². The molecule has 4 heteroatoms. The van der Waals surface area contributed by atoms with E-state index < -0.39 is 5.54 Å². The van der Waals surface area contributed by atoms with Gasteiger partial charge in [0.05, 0.1) is 5.54 Å². The summed E-state index contributed by atoms with van der Waals surface area (Å²) in [4.78, 5) is 11.8. The Hall–Kier alpha value is -0.870. The van der Waals surface area contributed by atoms with Gasteiger partial charge in [-0.3, -0.25) is 4.79 Å². The van der Waals surface area contributed by atoms with E-state index in [9.17, 15) is 4.79 Å². The molecule has 0 saturated heterocycles. The molecule has 0 aromatic heterocycles. The summed E-state index contributed by atoms with van der Waals surface area (Å²) in [7, 11) is 0. The van der Waals surface area contributed by atoms with Gasteiger partial charge in [0, 0.05) is 11.9 Å². The van der Waals surface area contributed by atoms with Crippen molar-refractivity contribution in [2.75, 3.05) is 18.5 Å². The highest BCUT2D eigenvalue weighted by Crippen LogP contribution is 2.22. The van der Waals surface area contributed by atoms with Crippen LogP contribution in [0.3, 0.4) is 0 Å². The molecule has 0 heterocycles. The maximum Gasteiger partial charge on any atom is 0.246 e. The van der Waals surface area contributed by atoms with Crippen LogP contribution in [0.15, 0.2) is 30.3 Å². The van der Waals surface area contributed by atoms with Crippen LogP contribution in [0.5, 0.6) is 0 Å². The van der Waals surface area contributed by atoms with Crippen molar-refractivity contribution in [2.45, 2.75) is 25.8 Å². The first kappa shape index (κ1) is 15.2. The predicted molar refractivity (Wildman–Crippen MR) is 76.8 cm³/mol. The zero-order chi connectivity index (χ0) is 13.4. The van der Waals surface area contributed by atoms with Crippen molar-refractivity contribution >= 4 is 21.8 Å². The molecule has 1 amide bonds. The van der Waals surface area contributed by atoms with E-state index in [0.717, 1.165) is 12.0 Å². The number of nitrogens with one attached hydrogen (secondary N) is 1. The Balaban J connectivity index is 2.63. The second kappa shape index (κ2) is 7.54. The molecule has 0 saturated carbocycles. The summed E-state index contributed by atoms with van der Waals surface area (Å²) in [6.07, 6.45) is 0.918. The first-order valence-electron chi connectivity index (χ1n) is 6.12. The maximum atomic E-state index is 11.8. The third-order valence-electron chi connectivity index (χ3n) is 2.68. The van der Waals surface area contributed by atoms with Crippen LogP contribution in [-0.4, -0.2) is 24.5 Å². The minimum absolute atomic E-state index is 0.0887. The minimum atomic E-state index is -0.409. The van der Waals surface area contributed by atoms with Gasteiger partial charge in [0.2, 0.25) is 5.91 Å². The van der Waals surface area contributed by atoms with Crippen molar-refractivity contribution in [3.05, 3.63) is 35.9 Å². The van der Waals surface area contributed by atoms with Crippen molar-refractivity contribution in [3.63, 3.8) is 0 Å². The third-order valence-corrected chi connectivity index (χ3v) is 3.80. The Morgan fingerprint density at radius 2 is 2.06 bits per heavy atom. The first-order chi connectivity index (χ1) is 8.62. The lowest BCUT2D eigenvalue weighted by atomic mass is 9.94. The zero-order valence-corrected chi connectivity index (χ0v) is 12.5. The number of halogens is 1. The molecule has 100 valence electrons. The van der Waals surface area contributed by atoms with Gasteiger partial charge in [-0.15, -0.1) is 0 Å². The number of carbonyl (C=O) groups is 1. The van der Waals surface area contributed by atoms with E-state index in [2.05, 4.69) is 21.2 Å². The summed E-state index contributed by atoms with van der Waals surface area (Å²) in [5.41, 5.74) is 0.666. The lowest BCUT2D eigenvalue weighted by Crippen LogP contribution is -2.46. The molecular weight excluding hydrogens is 294 g/mol. The Morgan fingerprint density at radius 3 is 2.61 bits per heavy atom. The van der Waals surface area contributed by atoms with Crippen molar-refractivity contribution < 1.29 is 9.53 Å². The summed E-state index contributed by atoms with van der Waals surface area (Å²) >= 11 is 3.46. The molecule has 1 rings (SSSR count). The van der Waals surface area contributed by atoms with Gasteiger partial charge in [-0.25, -0.2) is 0 Å². The van der Waals surface area contributed by atoms with Gasteiger partial charge in [0.25, 0.3) is 0 Å². The van der Waals surface area contributed by atoms with Crippen LogP contribution in [0, 0.1) is 0 Å².